The highest BCUT2D eigenvalue weighted by molar-refractivity contribution is 9.10. The van der Waals surface area contributed by atoms with Crippen molar-refractivity contribution in [1.82, 2.24) is 4.90 Å². The molecule has 0 aromatic heterocycles. The number of anilines is 1. The molecule has 2 aliphatic heterocycles. The molecule has 5 nitrogen and oxygen atoms in total. The van der Waals surface area contributed by atoms with Crippen molar-refractivity contribution in [2.45, 2.75) is 18.9 Å². The van der Waals surface area contributed by atoms with Crippen molar-refractivity contribution >= 4 is 39.3 Å². The molecule has 2 aliphatic rings. The number of amides is 3. The summed E-state index contributed by atoms with van der Waals surface area (Å²) in [6, 6.07) is 13.1. The van der Waals surface area contributed by atoms with E-state index in [-0.39, 0.29) is 11.8 Å². The predicted octanol–water partition coefficient (Wildman–Crippen LogP) is 3.24. The van der Waals surface area contributed by atoms with Gasteiger partial charge in [0.25, 0.3) is 17.7 Å². The summed E-state index contributed by atoms with van der Waals surface area (Å²) in [6.45, 7) is 0.546. The Morgan fingerprint density at radius 1 is 1.04 bits per heavy atom. The number of halogens is 1. The molecule has 1 fully saturated rings. The van der Waals surface area contributed by atoms with Crippen molar-refractivity contribution in [1.29, 1.82) is 0 Å². The first-order valence-corrected chi connectivity index (χ1v) is 8.91. The largest absolute Gasteiger partial charge is 0.327 e. The zero-order valence-electron chi connectivity index (χ0n) is 13.3. The molecule has 0 bridgehead atoms. The number of carbonyl (C=O) groups is 3. The summed E-state index contributed by atoms with van der Waals surface area (Å²) in [4.78, 5) is 41.8. The number of hydrogen-bond donors (Lipinski definition) is 0. The van der Waals surface area contributed by atoms with Crippen LogP contribution in [0.1, 0.15) is 33.6 Å². The molecule has 0 spiro atoms. The number of imide groups is 1. The van der Waals surface area contributed by atoms with Crippen molar-refractivity contribution in [3.05, 3.63) is 64.1 Å². The zero-order valence-corrected chi connectivity index (χ0v) is 14.9. The van der Waals surface area contributed by atoms with Crippen LogP contribution in [0.2, 0.25) is 0 Å². The van der Waals surface area contributed by atoms with Gasteiger partial charge in [0.2, 0.25) is 0 Å². The minimum atomic E-state index is -0.570. The monoisotopic (exact) mass is 398 g/mol. The lowest BCUT2D eigenvalue weighted by molar-refractivity contribution is -0.121. The Hall–Kier alpha value is -2.47. The maximum absolute atomic E-state index is 13.1. The van der Waals surface area contributed by atoms with Gasteiger partial charge in [-0.2, -0.15) is 0 Å². The van der Waals surface area contributed by atoms with E-state index in [0.29, 0.717) is 29.8 Å². The molecule has 0 radical (unpaired) electrons. The van der Waals surface area contributed by atoms with E-state index in [1.54, 1.807) is 53.4 Å². The highest BCUT2D eigenvalue weighted by atomic mass is 79.9. The summed E-state index contributed by atoms with van der Waals surface area (Å²) < 4.78 is 0.851. The topological polar surface area (TPSA) is 57.7 Å². The molecule has 126 valence electrons. The Kier molecular flexibility index (Phi) is 3.92. The molecule has 1 atom stereocenters. The zero-order chi connectivity index (χ0) is 17.6. The van der Waals surface area contributed by atoms with E-state index in [1.807, 2.05) is 0 Å². The molecular weight excluding hydrogens is 384 g/mol. The third-order valence-electron chi connectivity index (χ3n) is 4.69. The van der Waals surface area contributed by atoms with Gasteiger partial charge in [0, 0.05) is 16.6 Å². The van der Waals surface area contributed by atoms with Crippen molar-refractivity contribution in [3.63, 3.8) is 0 Å². The molecule has 6 heteroatoms. The molecule has 25 heavy (non-hydrogen) atoms. The number of benzene rings is 2. The maximum atomic E-state index is 13.1. The number of hydrogen-bond acceptors (Lipinski definition) is 3. The van der Waals surface area contributed by atoms with E-state index in [1.165, 1.54) is 4.90 Å². The standard InChI is InChI=1S/C19H15BrN2O3/c20-13-9-7-12(8-10-13)17(23)22-15-5-2-1-4-14(15)18(24)21-11-3-6-16(21)19(22)25/h1-2,4-5,7-10,16H,3,6,11H2/t16-/m1/s1. The van der Waals surface area contributed by atoms with Crippen LogP contribution in [0.5, 0.6) is 0 Å². The third-order valence-corrected chi connectivity index (χ3v) is 5.22. The van der Waals surface area contributed by atoms with Crippen LogP contribution < -0.4 is 4.90 Å². The highest BCUT2D eigenvalue weighted by Gasteiger charge is 2.44. The van der Waals surface area contributed by atoms with Crippen molar-refractivity contribution in [3.8, 4) is 0 Å². The van der Waals surface area contributed by atoms with Gasteiger partial charge in [-0.05, 0) is 49.2 Å². The van der Waals surface area contributed by atoms with E-state index >= 15 is 0 Å². The van der Waals surface area contributed by atoms with E-state index in [9.17, 15) is 14.4 Å². The Bertz CT molecular complexity index is 878. The van der Waals surface area contributed by atoms with Crippen LogP contribution in [0.3, 0.4) is 0 Å². The van der Waals surface area contributed by atoms with Gasteiger partial charge >= 0.3 is 0 Å². The summed E-state index contributed by atoms with van der Waals surface area (Å²) in [6.07, 6.45) is 1.35. The highest BCUT2D eigenvalue weighted by Crippen LogP contribution is 2.33. The first kappa shape index (κ1) is 16.0. The summed E-state index contributed by atoms with van der Waals surface area (Å²) in [5.74, 6) is -0.923. The molecule has 4 rings (SSSR count). The number of carbonyl (C=O) groups excluding carboxylic acids is 3. The number of nitrogens with zero attached hydrogens (tertiary/aromatic N) is 2. The predicted molar refractivity (Wildman–Crippen MR) is 96.5 cm³/mol. The summed E-state index contributed by atoms with van der Waals surface area (Å²) in [7, 11) is 0. The third kappa shape index (κ3) is 2.57. The lowest BCUT2D eigenvalue weighted by atomic mass is 10.1. The van der Waals surface area contributed by atoms with E-state index < -0.39 is 11.9 Å². The van der Waals surface area contributed by atoms with Crippen LogP contribution in [0.4, 0.5) is 5.69 Å². The molecule has 0 saturated carbocycles. The van der Waals surface area contributed by atoms with Crippen LogP contribution in [0.25, 0.3) is 0 Å². The first-order chi connectivity index (χ1) is 12.1. The lowest BCUT2D eigenvalue weighted by Crippen LogP contribution is -2.47. The van der Waals surface area contributed by atoms with Crippen LogP contribution in [0.15, 0.2) is 53.0 Å². The Morgan fingerprint density at radius 2 is 1.76 bits per heavy atom. The van der Waals surface area contributed by atoms with Gasteiger partial charge in [-0.15, -0.1) is 0 Å². The number of para-hydroxylation sites is 1. The Balaban J connectivity index is 1.85. The van der Waals surface area contributed by atoms with E-state index in [2.05, 4.69) is 15.9 Å². The fraction of sp³-hybridized carbons (Fsp3) is 0.211. The normalized spacial score (nSPS) is 19.5. The van der Waals surface area contributed by atoms with Crippen LogP contribution >= 0.6 is 15.9 Å². The minimum absolute atomic E-state index is 0.183. The van der Waals surface area contributed by atoms with Crippen LogP contribution in [-0.2, 0) is 4.79 Å². The first-order valence-electron chi connectivity index (χ1n) is 8.12. The SMILES string of the molecule is O=C(c1ccc(Br)cc1)N1C(=O)[C@H]2CCCN2C(=O)c2ccccc21. The van der Waals surface area contributed by atoms with Crippen molar-refractivity contribution < 1.29 is 14.4 Å². The maximum Gasteiger partial charge on any atom is 0.265 e. The van der Waals surface area contributed by atoms with Gasteiger partial charge in [-0.3, -0.25) is 14.4 Å². The fourth-order valence-corrected chi connectivity index (χ4v) is 3.73. The average molecular weight is 399 g/mol. The average Bonchev–Trinajstić information content (AvgIpc) is 3.09. The number of rotatable bonds is 1. The van der Waals surface area contributed by atoms with Gasteiger partial charge < -0.3 is 4.90 Å². The molecule has 0 N–H and O–H groups in total. The van der Waals surface area contributed by atoms with Crippen molar-refractivity contribution in [2.75, 3.05) is 11.4 Å². The molecule has 1 saturated heterocycles. The molecule has 2 aromatic rings. The molecular formula is C19H15BrN2O3. The van der Waals surface area contributed by atoms with Gasteiger partial charge in [0.1, 0.15) is 6.04 Å². The van der Waals surface area contributed by atoms with E-state index in [4.69, 9.17) is 0 Å². The fourth-order valence-electron chi connectivity index (χ4n) is 3.47. The summed E-state index contributed by atoms with van der Waals surface area (Å²) >= 11 is 3.34. The molecule has 2 aromatic carbocycles. The van der Waals surface area contributed by atoms with Crippen LogP contribution in [0, 0.1) is 0 Å². The van der Waals surface area contributed by atoms with Crippen molar-refractivity contribution in [2.24, 2.45) is 0 Å². The molecule has 0 unspecified atom stereocenters. The second-order valence-electron chi connectivity index (χ2n) is 6.16. The Labute approximate surface area is 153 Å². The second-order valence-corrected chi connectivity index (χ2v) is 7.08. The second kappa shape index (κ2) is 6.11. The summed E-state index contributed by atoms with van der Waals surface area (Å²) in [5, 5.41) is 0. The number of fused-ring (bicyclic) bond motifs is 2. The van der Waals surface area contributed by atoms with E-state index in [0.717, 1.165) is 10.9 Å². The van der Waals surface area contributed by atoms with Gasteiger partial charge in [-0.1, -0.05) is 28.1 Å². The molecule has 0 aliphatic carbocycles. The minimum Gasteiger partial charge on any atom is -0.327 e. The smallest absolute Gasteiger partial charge is 0.265 e. The lowest BCUT2D eigenvalue weighted by Gasteiger charge is -2.24. The molecule has 2 heterocycles. The van der Waals surface area contributed by atoms with Gasteiger partial charge in [0.15, 0.2) is 0 Å². The molecule has 3 amide bonds. The summed E-state index contributed by atoms with van der Waals surface area (Å²) in [5.41, 5.74) is 1.16. The van der Waals surface area contributed by atoms with Crippen LogP contribution in [-0.4, -0.2) is 35.2 Å². The van der Waals surface area contributed by atoms with Gasteiger partial charge in [0.05, 0.1) is 11.3 Å². The Morgan fingerprint density at radius 3 is 2.52 bits per heavy atom. The quantitative estimate of drug-likeness (QED) is 0.692. The van der Waals surface area contributed by atoms with Gasteiger partial charge in [-0.25, -0.2) is 4.90 Å².